The molecule has 4 nitrogen and oxygen atoms in total. The van der Waals surface area contributed by atoms with Gasteiger partial charge < -0.3 is 10.2 Å². The minimum Gasteiger partial charge on any atom is -0.324 e. The summed E-state index contributed by atoms with van der Waals surface area (Å²) in [4.78, 5) is 28.5. The topological polar surface area (TPSA) is 49.4 Å². The molecule has 0 aromatic heterocycles. The van der Waals surface area contributed by atoms with Crippen LogP contribution in [0.5, 0.6) is 0 Å². The van der Waals surface area contributed by atoms with Crippen LogP contribution in [-0.2, 0) is 9.59 Å². The Hall–Kier alpha value is -2.76. The van der Waals surface area contributed by atoms with Gasteiger partial charge in [0.1, 0.15) is 6.54 Å². The van der Waals surface area contributed by atoms with E-state index in [1.165, 1.54) is 0 Å². The summed E-state index contributed by atoms with van der Waals surface area (Å²) in [5, 5.41) is 3.44. The maximum atomic E-state index is 13.2. The predicted octanol–water partition coefficient (Wildman–Crippen LogP) is 5.86. The number of thioether (sulfide) groups is 1. The lowest BCUT2D eigenvalue weighted by Gasteiger charge is -2.22. The van der Waals surface area contributed by atoms with Crippen molar-refractivity contribution in [3.05, 3.63) is 88.9 Å². The van der Waals surface area contributed by atoms with Crippen molar-refractivity contribution in [1.82, 2.24) is 0 Å². The van der Waals surface area contributed by atoms with E-state index in [4.69, 9.17) is 11.6 Å². The lowest BCUT2D eigenvalue weighted by molar-refractivity contribution is -0.121. The van der Waals surface area contributed by atoms with Crippen molar-refractivity contribution < 1.29 is 9.59 Å². The molecule has 1 aliphatic heterocycles. The van der Waals surface area contributed by atoms with Crippen molar-refractivity contribution in [3.63, 3.8) is 0 Å². The van der Waals surface area contributed by atoms with Crippen LogP contribution in [0, 0.1) is 6.92 Å². The number of carbonyl (C=O) groups is 2. The average Bonchev–Trinajstić information content (AvgIpc) is 2.88. The summed E-state index contributed by atoms with van der Waals surface area (Å²) < 4.78 is 0. The summed E-state index contributed by atoms with van der Waals surface area (Å²) >= 11 is 7.82. The zero-order chi connectivity index (χ0) is 21.1. The molecule has 1 aliphatic rings. The van der Waals surface area contributed by atoms with Crippen LogP contribution in [0.4, 0.5) is 11.4 Å². The van der Waals surface area contributed by atoms with Gasteiger partial charge in [0.2, 0.25) is 11.8 Å². The molecule has 3 aromatic carbocycles. The molecule has 3 aromatic rings. The molecule has 0 saturated heterocycles. The normalized spacial score (nSPS) is 16.0. The number of aryl methyl sites for hydroxylation is 1. The maximum Gasteiger partial charge on any atom is 0.244 e. The number of hydrogen-bond donors (Lipinski definition) is 1. The van der Waals surface area contributed by atoms with Crippen LogP contribution >= 0.6 is 23.4 Å². The fourth-order valence-electron chi connectivity index (χ4n) is 3.42. The number of carbonyl (C=O) groups excluding carboxylic acids is 2. The second kappa shape index (κ2) is 8.94. The van der Waals surface area contributed by atoms with E-state index in [-0.39, 0.29) is 23.6 Å². The molecule has 0 unspecified atom stereocenters. The molecule has 1 heterocycles. The lowest BCUT2D eigenvalue weighted by atomic mass is 10.1. The maximum absolute atomic E-state index is 13.2. The van der Waals surface area contributed by atoms with E-state index in [9.17, 15) is 9.59 Å². The molecule has 30 heavy (non-hydrogen) atoms. The predicted molar refractivity (Wildman–Crippen MR) is 123 cm³/mol. The number of hydrogen-bond acceptors (Lipinski definition) is 3. The third kappa shape index (κ3) is 4.53. The number of fused-ring (bicyclic) bond motifs is 1. The van der Waals surface area contributed by atoms with Crippen molar-refractivity contribution in [2.45, 2.75) is 23.5 Å². The molecular formula is C24H21ClN2O2S. The number of para-hydroxylation sites is 1. The minimum atomic E-state index is -0.263. The minimum absolute atomic E-state index is 0.00353. The number of halogens is 1. The summed E-state index contributed by atoms with van der Waals surface area (Å²) in [5.74, 6) is -0.334. The first-order valence-corrected chi connectivity index (χ1v) is 10.9. The first-order valence-electron chi connectivity index (χ1n) is 9.68. The van der Waals surface area contributed by atoms with Gasteiger partial charge in [-0.25, -0.2) is 0 Å². The number of benzene rings is 3. The largest absolute Gasteiger partial charge is 0.324 e. The standard InChI is InChI=1S/C24H21ClN2O2S/c1-16-11-12-18(13-19(16)25)26-23(28)15-27-20-9-5-6-10-21(20)30-22(14-24(27)29)17-7-3-2-4-8-17/h2-13,22H,14-15H2,1H3,(H,26,28)/t22-/m1/s1. The molecule has 6 heteroatoms. The van der Waals surface area contributed by atoms with Crippen molar-refractivity contribution >= 4 is 46.6 Å². The summed E-state index contributed by atoms with van der Waals surface area (Å²) in [5.41, 5.74) is 3.42. The molecule has 0 radical (unpaired) electrons. The quantitative estimate of drug-likeness (QED) is 0.557. The number of nitrogens with one attached hydrogen (secondary N) is 1. The fraction of sp³-hybridized carbons (Fsp3) is 0.167. The van der Waals surface area contributed by atoms with Gasteiger partial charge in [0.15, 0.2) is 0 Å². The molecule has 1 atom stereocenters. The number of rotatable bonds is 4. The second-order valence-electron chi connectivity index (χ2n) is 7.18. The zero-order valence-corrected chi connectivity index (χ0v) is 18.0. The first-order chi connectivity index (χ1) is 14.5. The van der Waals surface area contributed by atoms with Gasteiger partial charge in [-0.1, -0.05) is 60.1 Å². The van der Waals surface area contributed by atoms with E-state index in [0.29, 0.717) is 17.1 Å². The Bertz CT molecular complexity index is 1090. The Morgan fingerprint density at radius 2 is 1.83 bits per heavy atom. The summed E-state index contributed by atoms with van der Waals surface area (Å²) in [6.07, 6.45) is 0.326. The number of anilines is 2. The molecule has 0 fully saturated rings. The first kappa shape index (κ1) is 20.5. The van der Waals surface area contributed by atoms with Crippen LogP contribution < -0.4 is 10.2 Å². The van der Waals surface area contributed by atoms with E-state index in [1.807, 2.05) is 67.6 Å². The third-order valence-electron chi connectivity index (χ3n) is 5.02. The van der Waals surface area contributed by atoms with E-state index in [2.05, 4.69) is 5.32 Å². The van der Waals surface area contributed by atoms with Crippen LogP contribution in [0.1, 0.15) is 22.8 Å². The molecule has 2 amide bonds. The van der Waals surface area contributed by atoms with Gasteiger partial charge in [-0.15, -0.1) is 11.8 Å². The molecule has 0 saturated carbocycles. The Morgan fingerprint density at radius 3 is 2.60 bits per heavy atom. The van der Waals surface area contributed by atoms with Gasteiger partial charge in [0.05, 0.1) is 5.69 Å². The monoisotopic (exact) mass is 436 g/mol. The molecule has 4 rings (SSSR count). The molecule has 0 aliphatic carbocycles. The fourth-order valence-corrected chi connectivity index (χ4v) is 4.88. The molecular weight excluding hydrogens is 416 g/mol. The van der Waals surface area contributed by atoms with E-state index in [1.54, 1.807) is 28.8 Å². The Balaban J connectivity index is 1.57. The van der Waals surface area contributed by atoms with Crippen LogP contribution in [0.3, 0.4) is 0 Å². The second-order valence-corrected chi connectivity index (χ2v) is 8.83. The summed E-state index contributed by atoms with van der Waals surface area (Å²) in [7, 11) is 0. The lowest BCUT2D eigenvalue weighted by Crippen LogP contribution is -2.38. The number of amides is 2. The SMILES string of the molecule is Cc1ccc(NC(=O)CN2C(=O)C[C@H](c3ccccc3)Sc3ccccc32)cc1Cl. The van der Waals surface area contributed by atoms with Crippen molar-refractivity contribution in [2.24, 2.45) is 0 Å². The van der Waals surface area contributed by atoms with Crippen LogP contribution in [0.2, 0.25) is 5.02 Å². The van der Waals surface area contributed by atoms with E-state index in [0.717, 1.165) is 21.7 Å². The summed E-state index contributed by atoms with van der Waals surface area (Å²) in [6, 6.07) is 23.1. The Morgan fingerprint density at radius 1 is 1.10 bits per heavy atom. The zero-order valence-electron chi connectivity index (χ0n) is 16.5. The molecule has 0 spiro atoms. The van der Waals surface area contributed by atoms with Crippen molar-refractivity contribution in [2.75, 3.05) is 16.8 Å². The van der Waals surface area contributed by atoms with E-state index < -0.39 is 0 Å². The average molecular weight is 437 g/mol. The number of nitrogens with zero attached hydrogens (tertiary/aromatic N) is 1. The Kier molecular flexibility index (Phi) is 6.11. The van der Waals surface area contributed by atoms with E-state index >= 15 is 0 Å². The third-order valence-corrected chi connectivity index (χ3v) is 6.74. The highest BCUT2D eigenvalue weighted by molar-refractivity contribution is 7.99. The van der Waals surface area contributed by atoms with Crippen LogP contribution in [0.15, 0.2) is 77.7 Å². The van der Waals surface area contributed by atoms with Gasteiger partial charge in [0, 0.05) is 27.3 Å². The Labute approximate surface area is 185 Å². The van der Waals surface area contributed by atoms with Gasteiger partial charge in [-0.05, 0) is 42.3 Å². The van der Waals surface area contributed by atoms with Gasteiger partial charge in [-0.3, -0.25) is 9.59 Å². The summed E-state index contributed by atoms with van der Waals surface area (Å²) in [6.45, 7) is 1.85. The van der Waals surface area contributed by atoms with Gasteiger partial charge in [0.25, 0.3) is 0 Å². The van der Waals surface area contributed by atoms with Gasteiger partial charge >= 0.3 is 0 Å². The molecule has 152 valence electrons. The van der Waals surface area contributed by atoms with Crippen LogP contribution in [-0.4, -0.2) is 18.4 Å². The highest BCUT2D eigenvalue weighted by Crippen LogP contribution is 2.45. The van der Waals surface area contributed by atoms with Crippen molar-refractivity contribution in [3.8, 4) is 0 Å². The molecule has 0 bridgehead atoms. The van der Waals surface area contributed by atoms with Crippen LogP contribution in [0.25, 0.3) is 0 Å². The smallest absolute Gasteiger partial charge is 0.244 e. The highest BCUT2D eigenvalue weighted by Gasteiger charge is 2.30. The van der Waals surface area contributed by atoms with Crippen molar-refractivity contribution in [1.29, 1.82) is 0 Å². The van der Waals surface area contributed by atoms with Gasteiger partial charge in [-0.2, -0.15) is 0 Å². The molecule has 1 N–H and O–H groups in total. The highest BCUT2D eigenvalue weighted by atomic mass is 35.5.